The maximum absolute atomic E-state index is 9.18. The van der Waals surface area contributed by atoms with E-state index in [1.165, 1.54) is 0 Å². The summed E-state index contributed by atoms with van der Waals surface area (Å²) in [5.74, 6) is 0. The fourth-order valence-corrected chi connectivity index (χ4v) is 2.34. The van der Waals surface area contributed by atoms with Crippen LogP contribution >= 0.6 is 12.2 Å². The molecule has 3 N–H and O–H groups in total. The number of hydrogen-bond acceptors (Lipinski definition) is 4. The van der Waals surface area contributed by atoms with Gasteiger partial charge in [0.2, 0.25) is 0 Å². The number of nitrogens with zero attached hydrogens (tertiary/aromatic N) is 1. The summed E-state index contributed by atoms with van der Waals surface area (Å²) in [7, 11) is 0. The molecule has 1 aliphatic rings. The highest BCUT2D eigenvalue weighted by Gasteiger charge is 2.22. The lowest BCUT2D eigenvalue weighted by Gasteiger charge is -2.34. The number of aliphatic hydroxyl groups is 1. The van der Waals surface area contributed by atoms with E-state index in [9.17, 15) is 5.11 Å². The van der Waals surface area contributed by atoms with Gasteiger partial charge in [0.05, 0.1) is 19.3 Å². The third-order valence-corrected chi connectivity index (χ3v) is 3.32. The van der Waals surface area contributed by atoms with Gasteiger partial charge in [-0.3, -0.25) is 0 Å². The van der Waals surface area contributed by atoms with E-state index >= 15 is 0 Å². The Kier molecular flexibility index (Phi) is 4.16. The molecule has 1 aromatic rings. The van der Waals surface area contributed by atoms with Gasteiger partial charge in [-0.2, -0.15) is 0 Å². The molecule has 98 valence electrons. The Labute approximate surface area is 112 Å². The molecule has 0 amide bonds. The summed E-state index contributed by atoms with van der Waals surface area (Å²) < 4.78 is 5.45. The molecule has 0 saturated carbocycles. The van der Waals surface area contributed by atoms with Crippen LogP contribution in [0.15, 0.2) is 18.2 Å². The topological polar surface area (TPSA) is 58.7 Å². The normalized spacial score (nSPS) is 19.9. The van der Waals surface area contributed by atoms with Gasteiger partial charge in [0.1, 0.15) is 4.99 Å². The van der Waals surface area contributed by atoms with E-state index in [1.54, 1.807) is 0 Å². The van der Waals surface area contributed by atoms with Crippen LogP contribution in [-0.4, -0.2) is 42.5 Å². The summed E-state index contributed by atoms with van der Waals surface area (Å²) in [6.07, 6.45) is -0.140. The summed E-state index contributed by atoms with van der Waals surface area (Å²) in [5.41, 5.74) is 8.83. The minimum absolute atomic E-state index is 0.0325. The second kappa shape index (κ2) is 5.65. The quantitative estimate of drug-likeness (QED) is 0.794. The number of aliphatic hydroxyl groups excluding tert-OH is 1. The summed E-state index contributed by atoms with van der Waals surface area (Å²) in [6, 6.07) is 6.07. The number of hydrogen-bond donors (Lipinski definition) is 2. The molecule has 1 saturated heterocycles. The predicted molar refractivity (Wildman–Crippen MR) is 76.1 cm³/mol. The summed E-state index contributed by atoms with van der Waals surface area (Å²) in [5, 5.41) is 9.18. The van der Waals surface area contributed by atoms with Gasteiger partial charge in [-0.05, 0) is 19.1 Å². The molecule has 1 atom stereocenters. The van der Waals surface area contributed by atoms with Crippen molar-refractivity contribution in [3.63, 3.8) is 0 Å². The van der Waals surface area contributed by atoms with E-state index in [4.69, 9.17) is 22.7 Å². The molecule has 0 aromatic heterocycles. The maximum Gasteiger partial charge on any atom is 0.106 e. The first-order valence-corrected chi connectivity index (χ1v) is 6.40. The van der Waals surface area contributed by atoms with Crippen molar-refractivity contribution in [3.8, 4) is 0 Å². The van der Waals surface area contributed by atoms with Gasteiger partial charge in [-0.25, -0.2) is 0 Å². The van der Waals surface area contributed by atoms with Crippen LogP contribution in [0.5, 0.6) is 0 Å². The monoisotopic (exact) mass is 266 g/mol. The van der Waals surface area contributed by atoms with Gasteiger partial charge in [0.25, 0.3) is 0 Å². The molecule has 5 heteroatoms. The van der Waals surface area contributed by atoms with Crippen LogP contribution < -0.4 is 10.6 Å². The fraction of sp³-hybridized carbons (Fsp3) is 0.462. The molecule has 0 spiro atoms. The molecule has 0 aliphatic carbocycles. The zero-order chi connectivity index (χ0) is 13.1. The number of rotatable bonds is 3. The second-order valence-electron chi connectivity index (χ2n) is 4.51. The summed E-state index contributed by atoms with van der Waals surface area (Å²) in [6.45, 7) is 4.10. The van der Waals surface area contributed by atoms with Crippen LogP contribution in [0.3, 0.4) is 0 Å². The average molecular weight is 266 g/mol. The van der Waals surface area contributed by atoms with Crippen LogP contribution in [0.4, 0.5) is 5.69 Å². The van der Waals surface area contributed by atoms with Crippen molar-refractivity contribution in [3.05, 3.63) is 29.3 Å². The van der Waals surface area contributed by atoms with Crippen molar-refractivity contribution in [2.75, 3.05) is 31.2 Å². The standard InChI is InChI=1S/C13H18N2O2S/c1-9-2-3-12(11(6-9)13(14)18)15-4-5-17-10(7-15)8-16/h2-3,6,10,16H,4-5,7-8H2,1H3,(H2,14,18). The molecular formula is C13H18N2O2S. The molecule has 2 rings (SSSR count). The number of aryl methyl sites for hydroxylation is 1. The van der Waals surface area contributed by atoms with Gasteiger partial charge in [0.15, 0.2) is 0 Å². The molecule has 1 fully saturated rings. The molecule has 4 nitrogen and oxygen atoms in total. The molecule has 1 aromatic carbocycles. The Bertz CT molecular complexity index is 451. The van der Waals surface area contributed by atoms with Gasteiger partial charge >= 0.3 is 0 Å². The third-order valence-electron chi connectivity index (χ3n) is 3.10. The van der Waals surface area contributed by atoms with Crippen LogP contribution in [0.25, 0.3) is 0 Å². The number of benzene rings is 1. The Morgan fingerprint density at radius 2 is 2.39 bits per heavy atom. The number of ether oxygens (including phenoxy) is 1. The van der Waals surface area contributed by atoms with Crippen molar-refractivity contribution in [1.82, 2.24) is 0 Å². The first kappa shape index (κ1) is 13.3. The van der Waals surface area contributed by atoms with E-state index < -0.39 is 0 Å². The number of anilines is 1. The zero-order valence-electron chi connectivity index (χ0n) is 10.4. The molecule has 18 heavy (non-hydrogen) atoms. The Morgan fingerprint density at radius 1 is 1.61 bits per heavy atom. The largest absolute Gasteiger partial charge is 0.394 e. The predicted octanol–water partition coefficient (Wildman–Crippen LogP) is 0.827. The molecule has 1 aliphatic heterocycles. The van der Waals surface area contributed by atoms with Crippen molar-refractivity contribution >= 4 is 22.9 Å². The van der Waals surface area contributed by atoms with E-state index in [0.717, 1.165) is 23.4 Å². The van der Waals surface area contributed by atoms with E-state index in [-0.39, 0.29) is 12.7 Å². The first-order valence-electron chi connectivity index (χ1n) is 5.99. The zero-order valence-corrected chi connectivity index (χ0v) is 11.2. The van der Waals surface area contributed by atoms with Crippen molar-refractivity contribution in [1.29, 1.82) is 0 Å². The van der Waals surface area contributed by atoms with Crippen molar-refractivity contribution in [2.24, 2.45) is 5.73 Å². The third kappa shape index (κ3) is 2.80. The van der Waals surface area contributed by atoms with E-state index in [1.807, 2.05) is 25.1 Å². The molecule has 0 bridgehead atoms. The number of morpholine rings is 1. The van der Waals surface area contributed by atoms with E-state index in [0.29, 0.717) is 18.1 Å². The Morgan fingerprint density at radius 3 is 3.06 bits per heavy atom. The fourth-order valence-electron chi connectivity index (χ4n) is 2.17. The Balaban J connectivity index is 2.29. The molecular weight excluding hydrogens is 248 g/mol. The number of thiocarbonyl (C=S) groups is 1. The minimum Gasteiger partial charge on any atom is -0.394 e. The van der Waals surface area contributed by atoms with Crippen LogP contribution in [0.2, 0.25) is 0 Å². The SMILES string of the molecule is Cc1ccc(N2CCOC(CO)C2)c(C(N)=S)c1. The first-order chi connectivity index (χ1) is 8.61. The summed E-state index contributed by atoms with van der Waals surface area (Å²) >= 11 is 5.11. The lowest BCUT2D eigenvalue weighted by molar-refractivity contribution is 0.00356. The highest BCUT2D eigenvalue weighted by molar-refractivity contribution is 7.80. The number of nitrogens with two attached hydrogens (primary N) is 1. The average Bonchev–Trinajstić information content (AvgIpc) is 2.38. The van der Waals surface area contributed by atoms with Crippen molar-refractivity contribution in [2.45, 2.75) is 13.0 Å². The van der Waals surface area contributed by atoms with Crippen molar-refractivity contribution < 1.29 is 9.84 Å². The lowest BCUT2D eigenvalue weighted by atomic mass is 10.1. The van der Waals surface area contributed by atoms with Gasteiger partial charge in [0, 0.05) is 24.3 Å². The molecule has 1 unspecified atom stereocenters. The van der Waals surface area contributed by atoms with Gasteiger partial charge < -0.3 is 20.5 Å². The molecule has 1 heterocycles. The minimum atomic E-state index is -0.140. The smallest absolute Gasteiger partial charge is 0.106 e. The lowest BCUT2D eigenvalue weighted by Crippen LogP contribution is -2.44. The van der Waals surface area contributed by atoms with Crippen LogP contribution in [-0.2, 0) is 4.74 Å². The highest BCUT2D eigenvalue weighted by atomic mass is 32.1. The Hall–Kier alpha value is -1.17. The van der Waals surface area contributed by atoms with Crippen LogP contribution in [0.1, 0.15) is 11.1 Å². The van der Waals surface area contributed by atoms with Gasteiger partial charge in [-0.1, -0.05) is 23.8 Å². The van der Waals surface area contributed by atoms with Gasteiger partial charge in [-0.15, -0.1) is 0 Å². The second-order valence-corrected chi connectivity index (χ2v) is 4.95. The summed E-state index contributed by atoms with van der Waals surface area (Å²) in [4.78, 5) is 2.57. The maximum atomic E-state index is 9.18. The highest BCUT2D eigenvalue weighted by Crippen LogP contribution is 2.24. The molecule has 0 radical (unpaired) electrons. The van der Waals surface area contributed by atoms with E-state index in [2.05, 4.69) is 4.90 Å². The van der Waals surface area contributed by atoms with Crippen LogP contribution in [0, 0.1) is 6.92 Å².